The smallest absolute Gasteiger partial charge is 0.306 e. The number of likely N-dealkylation sites (tertiary alicyclic amines) is 1. The van der Waals surface area contributed by atoms with Crippen LogP contribution in [0, 0.1) is 5.92 Å². The molecule has 2 aliphatic rings. The molecular formula is C15H26N2O3S. The Labute approximate surface area is 130 Å². The first-order valence-electron chi connectivity index (χ1n) is 7.83. The maximum absolute atomic E-state index is 12.2. The predicted molar refractivity (Wildman–Crippen MR) is 84.5 cm³/mol. The summed E-state index contributed by atoms with van der Waals surface area (Å²) in [5.74, 6) is -0.906. The second kappa shape index (κ2) is 7.49. The molecule has 2 fully saturated rings. The maximum Gasteiger partial charge on any atom is 0.306 e. The van der Waals surface area contributed by atoms with Gasteiger partial charge in [0.1, 0.15) is 0 Å². The quantitative estimate of drug-likeness (QED) is 0.779. The molecule has 2 rings (SSSR count). The molecule has 0 radical (unpaired) electrons. The zero-order valence-corrected chi connectivity index (χ0v) is 13.6. The van der Waals surface area contributed by atoms with Crippen LogP contribution in [0.25, 0.3) is 0 Å². The van der Waals surface area contributed by atoms with Gasteiger partial charge in [0.15, 0.2) is 0 Å². The van der Waals surface area contributed by atoms with Crippen LogP contribution in [-0.4, -0.2) is 59.1 Å². The number of carboxylic acid groups (broad SMARTS) is 1. The number of aliphatic carboxylic acids is 1. The van der Waals surface area contributed by atoms with Crippen molar-refractivity contribution >= 4 is 23.6 Å². The molecule has 0 spiro atoms. The number of carboxylic acids is 1. The van der Waals surface area contributed by atoms with Gasteiger partial charge in [0.05, 0.1) is 12.5 Å². The van der Waals surface area contributed by atoms with Crippen LogP contribution in [0.4, 0.5) is 0 Å². The van der Waals surface area contributed by atoms with Gasteiger partial charge in [-0.05, 0) is 31.9 Å². The van der Waals surface area contributed by atoms with Crippen molar-refractivity contribution in [3.63, 3.8) is 0 Å². The number of carbonyl (C=O) groups excluding carboxylic acids is 1. The normalized spacial score (nSPS) is 22.4. The SMILES string of the molecule is CSC1(CNCC(=O)N2CCC(C(=O)O)CC2)CCCC1. The lowest BCUT2D eigenvalue weighted by Crippen LogP contribution is -2.46. The van der Waals surface area contributed by atoms with E-state index in [0.717, 1.165) is 6.54 Å². The summed E-state index contributed by atoms with van der Waals surface area (Å²) >= 11 is 1.92. The number of carbonyl (C=O) groups is 2. The molecule has 1 aliphatic heterocycles. The Kier molecular flexibility index (Phi) is 5.93. The van der Waals surface area contributed by atoms with E-state index < -0.39 is 5.97 Å². The van der Waals surface area contributed by atoms with Crippen LogP contribution in [0.1, 0.15) is 38.5 Å². The van der Waals surface area contributed by atoms with Crippen molar-refractivity contribution in [2.24, 2.45) is 5.92 Å². The van der Waals surface area contributed by atoms with E-state index in [1.54, 1.807) is 4.90 Å². The largest absolute Gasteiger partial charge is 0.481 e. The molecule has 0 unspecified atom stereocenters. The van der Waals surface area contributed by atoms with E-state index in [1.807, 2.05) is 11.8 Å². The number of piperidine rings is 1. The molecule has 6 heteroatoms. The predicted octanol–water partition coefficient (Wildman–Crippen LogP) is 1.57. The lowest BCUT2D eigenvalue weighted by atomic mass is 9.97. The molecule has 1 amide bonds. The summed E-state index contributed by atoms with van der Waals surface area (Å²) in [5.41, 5.74) is 0. The fourth-order valence-corrected chi connectivity index (χ4v) is 4.30. The van der Waals surface area contributed by atoms with Crippen LogP contribution in [0.5, 0.6) is 0 Å². The average Bonchev–Trinajstić information content (AvgIpc) is 2.96. The first-order valence-corrected chi connectivity index (χ1v) is 9.05. The maximum atomic E-state index is 12.2. The second-order valence-electron chi connectivity index (χ2n) is 6.19. The van der Waals surface area contributed by atoms with Gasteiger partial charge in [-0.25, -0.2) is 0 Å². The number of amides is 1. The highest BCUT2D eigenvalue weighted by atomic mass is 32.2. The van der Waals surface area contributed by atoms with Crippen LogP contribution in [0.15, 0.2) is 0 Å². The number of hydrogen-bond donors (Lipinski definition) is 2. The first kappa shape index (κ1) is 16.6. The van der Waals surface area contributed by atoms with Crippen molar-refractivity contribution < 1.29 is 14.7 Å². The lowest BCUT2D eigenvalue weighted by Gasteiger charge is -2.31. The van der Waals surface area contributed by atoms with Crippen LogP contribution in [-0.2, 0) is 9.59 Å². The number of nitrogens with zero attached hydrogens (tertiary/aromatic N) is 1. The van der Waals surface area contributed by atoms with E-state index in [1.165, 1.54) is 25.7 Å². The molecule has 0 aromatic rings. The fraction of sp³-hybridized carbons (Fsp3) is 0.867. The molecule has 0 bridgehead atoms. The van der Waals surface area contributed by atoms with E-state index in [4.69, 9.17) is 5.11 Å². The molecule has 0 atom stereocenters. The third-order valence-corrected chi connectivity index (χ3v) is 6.29. The second-order valence-corrected chi connectivity index (χ2v) is 7.47. The third-order valence-electron chi connectivity index (χ3n) is 4.87. The topological polar surface area (TPSA) is 69.6 Å². The summed E-state index contributed by atoms with van der Waals surface area (Å²) in [7, 11) is 0. The summed E-state index contributed by atoms with van der Waals surface area (Å²) in [6.45, 7) is 2.42. The summed E-state index contributed by atoms with van der Waals surface area (Å²) in [4.78, 5) is 24.8. The first-order chi connectivity index (χ1) is 10.1. The Morgan fingerprint density at radius 3 is 2.43 bits per heavy atom. The van der Waals surface area contributed by atoms with Crippen molar-refractivity contribution in [3.8, 4) is 0 Å². The summed E-state index contributed by atoms with van der Waals surface area (Å²) in [6, 6.07) is 0. The molecule has 5 nitrogen and oxygen atoms in total. The van der Waals surface area contributed by atoms with Gasteiger partial charge in [-0.1, -0.05) is 12.8 Å². The van der Waals surface area contributed by atoms with Gasteiger partial charge in [0.2, 0.25) is 5.91 Å². The number of thioether (sulfide) groups is 1. The molecule has 1 saturated heterocycles. The Bertz CT molecular complexity index is 375. The van der Waals surface area contributed by atoms with Crippen molar-refractivity contribution in [2.75, 3.05) is 32.4 Å². The number of rotatable bonds is 6. The summed E-state index contributed by atoms with van der Waals surface area (Å²) in [6.07, 6.45) is 8.37. The van der Waals surface area contributed by atoms with Crippen LogP contribution < -0.4 is 5.32 Å². The zero-order valence-electron chi connectivity index (χ0n) is 12.8. The van der Waals surface area contributed by atoms with E-state index in [2.05, 4.69) is 11.6 Å². The van der Waals surface area contributed by atoms with Crippen LogP contribution in [0.2, 0.25) is 0 Å². The molecule has 2 N–H and O–H groups in total. The lowest BCUT2D eigenvalue weighted by molar-refractivity contribution is -0.145. The summed E-state index contributed by atoms with van der Waals surface area (Å²) < 4.78 is 0.316. The summed E-state index contributed by atoms with van der Waals surface area (Å²) in [5, 5.41) is 12.3. The van der Waals surface area contributed by atoms with E-state index >= 15 is 0 Å². The molecular weight excluding hydrogens is 288 g/mol. The van der Waals surface area contributed by atoms with Crippen LogP contribution in [0.3, 0.4) is 0 Å². The van der Waals surface area contributed by atoms with Crippen molar-refractivity contribution in [1.29, 1.82) is 0 Å². The van der Waals surface area contributed by atoms with E-state index in [-0.39, 0.29) is 11.8 Å². The van der Waals surface area contributed by atoms with Gasteiger partial charge < -0.3 is 15.3 Å². The average molecular weight is 314 g/mol. The monoisotopic (exact) mass is 314 g/mol. The highest BCUT2D eigenvalue weighted by Crippen LogP contribution is 2.39. The Morgan fingerprint density at radius 1 is 1.29 bits per heavy atom. The molecule has 0 aromatic heterocycles. The Balaban J connectivity index is 1.69. The Hall–Kier alpha value is -0.750. The number of hydrogen-bond acceptors (Lipinski definition) is 4. The van der Waals surface area contributed by atoms with E-state index in [9.17, 15) is 9.59 Å². The van der Waals surface area contributed by atoms with Gasteiger partial charge in [-0.15, -0.1) is 0 Å². The van der Waals surface area contributed by atoms with Crippen molar-refractivity contribution in [1.82, 2.24) is 10.2 Å². The standard InChI is InChI=1S/C15H26N2O3S/c1-21-15(6-2-3-7-15)11-16-10-13(18)17-8-4-12(5-9-17)14(19)20/h12,16H,2-11H2,1H3,(H,19,20). The molecule has 0 aromatic carbocycles. The van der Waals surface area contributed by atoms with Gasteiger partial charge in [-0.2, -0.15) is 11.8 Å². The minimum atomic E-state index is -0.733. The van der Waals surface area contributed by atoms with Gasteiger partial charge in [0, 0.05) is 24.4 Å². The third kappa shape index (κ3) is 4.36. The van der Waals surface area contributed by atoms with Gasteiger partial charge in [-0.3, -0.25) is 9.59 Å². The number of nitrogens with one attached hydrogen (secondary N) is 1. The van der Waals surface area contributed by atoms with Gasteiger partial charge >= 0.3 is 5.97 Å². The molecule has 1 heterocycles. The van der Waals surface area contributed by atoms with Gasteiger partial charge in [0.25, 0.3) is 0 Å². The molecule has 120 valence electrons. The highest BCUT2D eigenvalue weighted by molar-refractivity contribution is 8.00. The minimum absolute atomic E-state index is 0.105. The van der Waals surface area contributed by atoms with Crippen LogP contribution >= 0.6 is 11.8 Å². The minimum Gasteiger partial charge on any atom is -0.481 e. The Morgan fingerprint density at radius 2 is 1.90 bits per heavy atom. The molecule has 1 aliphatic carbocycles. The fourth-order valence-electron chi connectivity index (χ4n) is 3.36. The van der Waals surface area contributed by atoms with Crippen molar-refractivity contribution in [2.45, 2.75) is 43.3 Å². The molecule has 1 saturated carbocycles. The molecule has 21 heavy (non-hydrogen) atoms. The highest BCUT2D eigenvalue weighted by Gasteiger charge is 2.33. The van der Waals surface area contributed by atoms with Crippen molar-refractivity contribution in [3.05, 3.63) is 0 Å². The zero-order chi connectivity index (χ0) is 15.3. The van der Waals surface area contributed by atoms with E-state index in [0.29, 0.717) is 37.2 Å².